The molecule has 0 radical (unpaired) electrons. The second-order valence-electron chi connectivity index (χ2n) is 0.600. The van der Waals surface area contributed by atoms with Crippen molar-refractivity contribution < 1.29 is 107 Å². The van der Waals surface area contributed by atoms with Gasteiger partial charge in [0, 0.05) is 26.2 Å². The molecule has 8 heteroatoms. The Labute approximate surface area is 114 Å². The van der Waals surface area contributed by atoms with E-state index in [-0.39, 0.29) is 88.2 Å². The Morgan fingerprint density at radius 3 is 0.875 bits per heavy atom. The SMILES string of the molecule is O[Si](O)(O)O.[H-].[H-].[Na+].[Na+].[Zr]. The molecule has 0 aliphatic heterocycles. The summed E-state index contributed by atoms with van der Waals surface area (Å²) in [7, 11) is -4.61. The fourth-order valence-corrected chi connectivity index (χ4v) is 0. The van der Waals surface area contributed by atoms with E-state index in [0.29, 0.717) is 0 Å². The van der Waals surface area contributed by atoms with E-state index in [0.717, 1.165) is 0 Å². The zero-order chi connectivity index (χ0) is 4.50. The molecule has 0 spiro atoms. The number of hydrogen-bond acceptors (Lipinski definition) is 4. The second kappa shape index (κ2) is 9.94. The van der Waals surface area contributed by atoms with Crippen molar-refractivity contribution in [3.63, 3.8) is 0 Å². The summed E-state index contributed by atoms with van der Waals surface area (Å²) in [6.07, 6.45) is 0. The van der Waals surface area contributed by atoms with E-state index in [4.69, 9.17) is 19.2 Å². The Kier molecular flexibility index (Phi) is 27.9. The Balaban J connectivity index is -0.00000000800. The van der Waals surface area contributed by atoms with Gasteiger partial charge in [-0.15, -0.1) is 0 Å². The van der Waals surface area contributed by atoms with Gasteiger partial charge in [-0.1, -0.05) is 0 Å². The molecule has 0 amide bonds. The summed E-state index contributed by atoms with van der Waals surface area (Å²) >= 11 is 0. The molecule has 0 bridgehead atoms. The van der Waals surface area contributed by atoms with Gasteiger partial charge in [0.05, 0.1) is 0 Å². The number of rotatable bonds is 0. The van der Waals surface area contributed by atoms with Crippen LogP contribution in [-0.2, 0) is 26.2 Å². The molecule has 0 unspecified atom stereocenters. The fourth-order valence-electron chi connectivity index (χ4n) is 0. The van der Waals surface area contributed by atoms with Crippen molar-refractivity contribution in [1.29, 1.82) is 0 Å². The molecule has 8 heavy (non-hydrogen) atoms. The van der Waals surface area contributed by atoms with Crippen LogP contribution in [0.5, 0.6) is 0 Å². The van der Waals surface area contributed by atoms with Crippen LogP contribution in [0, 0.1) is 0 Å². The molecule has 0 atom stereocenters. The first-order chi connectivity index (χ1) is 2.00. The van der Waals surface area contributed by atoms with Crippen LogP contribution in [0.1, 0.15) is 2.85 Å². The molecule has 0 saturated carbocycles. The first kappa shape index (κ1) is 22.4. The molecular weight excluding hydrogens is 229 g/mol. The van der Waals surface area contributed by atoms with Crippen molar-refractivity contribution in [3.05, 3.63) is 0 Å². The van der Waals surface area contributed by atoms with Crippen molar-refractivity contribution in [2.75, 3.05) is 0 Å². The molecule has 0 rings (SSSR count). The van der Waals surface area contributed by atoms with Crippen molar-refractivity contribution in [3.8, 4) is 0 Å². The quantitative estimate of drug-likeness (QED) is 0.314. The molecule has 0 aliphatic carbocycles. The van der Waals surface area contributed by atoms with Crippen molar-refractivity contribution in [2.45, 2.75) is 0 Å². The minimum Gasteiger partial charge on any atom is -1.00 e. The third-order valence-electron chi connectivity index (χ3n) is 0. The van der Waals surface area contributed by atoms with Gasteiger partial charge in [0.15, 0.2) is 0 Å². The van der Waals surface area contributed by atoms with E-state index >= 15 is 0 Å². The molecule has 0 aliphatic rings. The first-order valence-electron chi connectivity index (χ1n) is 0.894. The Bertz CT molecular complexity index is 36.7. The van der Waals surface area contributed by atoms with Gasteiger partial charge in [0.1, 0.15) is 0 Å². The minimum absolute atomic E-state index is 0. The predicted molar refractivity (Wildman–Crippen MR) is 16.9 cm³/mol. The van der Waals surface area contributed by atoms with E-state index in [1.54, 1.807) is 0 Å². The van der Waals surface area contributed by atoms with Gasteiger partial charge in [-0.2, -0.15) is 0 Å². The molecule has 0 saturated heterocycles. The third-order valence-corrected chi connectivity index (χ3v) is 0. The van der Waals surface area contributed by atoms with Gasteiger partial charge < -0.3 is 22.0 Å². The molecule has 0 aromatic rings. The minimum atomic E-state index is -4.61. The van der Waals surface area contributed by atoms with Crippen LogP contribution in [-0.4, -0.2) is 28.2 Å². The molecule has 0 aromatic carbocycles. The first-order valence-corrected chi connectivity index (χ1v) is 2.68. The standard InChI is InChI=1S/2Na.H4O4Si.Zr.2H/c;;1-5(2,3)4;;;/h;;1-4H;;;/q2*+1;;;2*-1. The summed E-state index contributed by atoms with van der Waals surface area (Å²) in [4.78, 5) is 29.3. The molecule has 0 fully saturated rings. The predicted octanol–water partition coefficient (Wildman–Crippen LogP) is -8.38. The third kappa shape index (κ3) is 65.2. The van der Waals surface area contributed by atoms with Gasteiger partial charge in [0.2, 0.25) is 0 Å². The average Bonchev–Trinajstić information content (AvgIpc) is 0.722. The Hall–Kier alpha value is 2.94. The van der Waals surface area contributed by atoms with Crippen molar-refractivity contribution >= 4 is 9.05 Å². The van der Waals surface area contributed by atoms with Crippen LogP contribution < -0.4 is 59.1 Å². The molecule has 0 heterocycles. The number of hydrogen-bond donors (Lipinski definition) is 4. The zero-order valence-corrected chi connectivity index (χ0v) is 12.2. The van der Waals surface area contributed by atoms with Gasteiger partial charge >= 0.3 is 68.2 Å². The van der Waals surface area contributed by atoms with Crippen LogP contribution in [0.3, 0.4) is 0 Å². The maximum absolute atomic E-state index is 7.33. The smallest absolute Gasteiger partial charge is 1.00 e. The summed E-state index contributed by atoms with van der Waals surface area (Å²) in [5.74, 6) is 0. The maximum Gasteiger partial charge on any atom is 1.00 e. The summed E-state index contributed by atoms with van der Waals surface area (Å²) < 4.78 is 0. The van der Waals surface area contributed by atoms with E-state index < -0.39 is 9.05 Å². The molecule has 40 valence electrons. The van der Waals surface area contributed by atoms with Gasteiger partial charge in [-0.3, -0.25) is 0 Å². The van der Waals surface area contributed by atoms with Crippen LogP contribution in [0.2, 0.25) is 0 Å². The van der Waals surface area contributed by atoms with Gasteiger partial charge in [-0.05, 0) is 0 Å². The van der Waals surface area contributed by atoms with Crippen LogP contribution in [0.4, 0.5) is 0 Å². The maximum atomic E-state index is 7.33. The summed E-state index contributed by atoms with van der Waals surface area (Å²) in [5.41, 5.74) is 0. The summed E-state index contributed by atoms with van der Waals surface area (Å²) in [6, 6.07) is 0. The van der Waals surface area contributed by atoms with Crippen LogP contribution >= 0.6 is 0 Å². The van der Waals surface area contributed by atoms with Crippen molar-refractivity contribution in [1.82, 2.24) is 0 Å². The largest absolute Gasteiger partial charge is 1.00 e. The normalized spacial score (nSPS) is 7.50. The average molecular weight is 235 g/mol. The Morgan fingerprint density at radius 1 is 0.875 bits per heavy atom. The zero-order valence-electron chi connectivity index (χ0n) is 6.79. The molecule has 0 aromatic heterocycles. The van der Waals surface area contributed by atoms with Crippen LogP contribution in [0.15, 0.2) is 0 Å². The molecule has 4 nitrogen and oxygen atoms in total. The fraction of sp³-hybridized carbons (Fsp3) is 0. The Morgan fingerprint density at radius 2 is 0.875 bits per heavy atom. The van der Waals surface area contributed by atoms with E-state index in [2.05, 4.69) is 0 Å². The van der Waals surface area contributed by atoms with E-state index in [9.17, 15) is 0 Å². The van der Waals surface area contributed by atoms with Crippen LogP contribution in [0.25, 0.3) is 0 Å². The van der Waals surface area contributed by atoms with E-state index in [1.807, 2.05) is 0 Å². The topological polar surface area (TPSA) is 80.9 Å². The van der Waals surface area contributed by atoms with E-state index in [1.165, 1.54) is 0 Å². The summed E-state index contributed by atoms with van der Waals surface area (Å²) in [5, 5.41) is 0. The van der Waals surface area contributed by atoms with Gasteiger partial charge in [0.25, 0.3) is 0 Å². The van der Waals surface area contributed by atoms with Crippen molar-refractivity contribution in [2.24, 2.45) is 0 Å². The summed E-state index contributed by atoms with van der Waals surface area (Å²) in [6.45, 7) is 0. The van der Waals surface area contributed by atoms with Gasteiger partial charge in [-0.25, -0.2) is 0 Å². The monoisotopic (exact) mass is 234 g/mol. The second-order valence-corrected chi connectivity index (χ2v) is 1.80. The molecule has 4 N–H and O–H groups in total. The molecular formula is H6Na2O4SiZr.